The number of methoxy groups -OCH3 is 2. The van der Waals surface area contributed by atoms with Crippen LogP contribution in [0.5, 0.6) is 17.2 Å². The number of thiazole rings is 1. The van der Waals surface area contributed by atoms with Crippen LogP contribution in [0, 0.1) is 11.3 Å². The van der Waals surface area contributed by atoms with Crippen molar-refractivity contribution in [2.24, 2.45) is 4.99 Å². The van der Waals surface area contributed by atoms with E-state index in [9.17, 15) is 14.9 Å². The number of aromatic nitrogens is 1. The SMILES string of the molecule is CCOC(=O)C1=C(C)N=c2s/c(=C\c3ccc(OCc4ccccc4C#N)c(Br)c3)c(=O)n2C1c1cccc(OC)c1OC. The van der Waals surface area contributed by atoms with Gasteiger partial charge in [-0.3, -0.25) is 9.36 Å². The molecule has 224 valence electrons. The van der Waals surface area contributed by atoms with Crippen LogP contribution in [-0.4, -0.2) is 31.4 Å². The predicted octanol–water partition coefficient (Wildman–Crippen LogP) is 5.03. The number of hydrogen-bond donors (Lipinski definition) is 0. The molecule has 3 aromatic carbocycles. The molecule has 0 spiro atoms. The number of carbonyl (C=O) groups is 1. The van der Waals surface area contributed by atoms with Crippen molar-refractivity contribution in [2.75, 3.05) is 20.8 Å². The number of rotatable bonds is 9. The summed E-state index contributed by atoms with van der Waals surface area (Å²) in [5.41, 5.74) is 3.05. The van der Waals surface area contributed by atoms with Gasteiger partial charge in [0, 0.05) is 11.1 Å². The maximum atomic E-state index is 14.0. The zero-order valence-electron chi connectivity index (χ0n) is 24.4. The van der Waals surface area contributed by atoms with Gasteiger partial charge in [-0.15, -0.1) is 0 Å². The summed E-state index contributed by atoms with van der Waals surface area (Å²) in [4.78, 5) is 32.4. The fourth-order valence-electron chi connectivity index (χ4n) is 5.00. The molecule has 11 heteroatoms. The highest BCUT2D eigenvalue weighted by molar-refractivity contribution is 9.10. The molecular weight excluding hydrogens is 646 g/mol. The molecule has 0 fully saturated rings. The number of nitrogens with zero attached hydrogens (tertiary/aromatic N) is 3. The third-order valence-corrected chi connectivity index (χ3v) is 8.62. The Morgan fingerprint density at radius 2 is 1.91 bits per heavy atom. The lowest BCUT2D eigenvalue weighted by molar-refractivity contribution is -0.139. The van der Waals surface area contributed by atoms with Gasteiger partial charge in [-0.1, -0.05) is 47.7 Å². The van der Waals surface area contributed by atoms with Gasteiger partial charge in [0.15, 0.2) is 16.3 Å². The number of ether oxygens (including phenoxy) is 4. The summed E-state index contributed by atoms with van der Waals surface area (Å²) in [6, 6.07) is 19.4. The second kappa shape index (κ2) is 13.3. The van der Waals surface area contributed by atoms with Crippen LogP contribution < -0.4 is 29.1 Å². The molecule has 1 aromatic heterocycles. The second-order valence-corrected chi connectivity index (χ2v) is 11.5. The van der Waals surface area contributed by atoms with Gasteiger partial charge in [-0.25, -0.2) is 9.79 Å². The summed E-state index contributed by atoms with van der Waals surface area (Å²) in [6.45, 7) is 3.86. The number of para-hydroxylation sites is 1. The number of carbonyl (C=O) groups excluding carboxylic acids is 1. The van der Waals surface area contributed by atoms with Crippen LogP contribution in [0.15, 0.2) is 86.2 Å². The molecule has 0 bridgehead atoms. The van der Waals surface area contributed by atoms with E-state index in [0.29, 0.717) is 47.9 Å². The number of benzene rings is 3. The Balaban J connectivity index is 1.57. The van der Waals surface area contributed by atoms with Crippen molar-refractivity contribution in [3.63, 3.8) is 0 Å². The van der Waals surface area contributed by atoms with Crippen LogP contribution in [0.2, 0.25) is 0 Å². The Bertz CT molecular complexity index is 2010. The molecule has 0 saturated heterocycles. The van der Waals surface area contributed by atoms with Crippen molar-refractivity contribution in [3.05, 3.63) is 118 Å². The highest BCUT2D eigenvalue weighted by atomic mass is 79.9. The largest absolute Gasteiger partial charge is 0.493 e. The maximum Gasteiger partial charge on any atom is 0.338 e. The molecule has 2 heterocycles. The average Bonchev–Trinajstić information content (AvgIpc) is 3.33. The Hall–Kier alpha value is -4.66. The zero-order chi connectivity index (χ0) is 31.4. The Morgan fingerprint density at radius 3 is 2.61 bits per heavy atom. The van der Waals surface area contributed by atoms with E-state index in [0.717, 1.165) is 11.1 Å². The lowest BCUT2D eigenvalue weighted by Gasteiger charge is -2.26. The summed E-state index contributed by atoms with van der Waals surface area (Å²) in [5, 5.41) is 9.35. The molecule has 1 aliphatic heterocycles. The van der Waals surface area contributed by atoms with Crippen molar-refractivity contribution in [1.82, 2.24) is 4.57 Å². The molecule has 4 aromatic rings. The second-order valence-electron chi connectivity index (χ2n) is 9.63. The third-order valence-electron chi connectivity index (χ3n) is 7.02. The van der Waals surface area contributed by atoms with Crippen molar-refractivity contribution in [1.29, 1.82) is 5.26 Å². The third kappa shape index (κ3) is 5.91. The Morgan fingerprint density at radius 1 is 1.11 bits per heavy atom. The van der Waals surface area contributed by atoms with E-state index >= 15 is 0 Å². The van der Waals surface area contributed by atoms with Crippen molar-refractivity contribution >= 4 is 39.3 Å². The highest BCUT2D eigenvalue weighted by Gasteiger charge is 2.35. The van der Waals surface area contributed by atoms with Crippen LogP contribution in [0.25, 0.3) is 6.08 Å². The van der Waals surface area contributed by atoms with E-state index in [2.05, 4.69) is 27.0 Å². The summed E-state index contributed by atoms with van der Waals surface area (Å²) < 4.78 is 25.2. The van der Waals surface area contributed by atoms with Crippen LogP contribution in [0.4, 0.5) is 0 Å². The van der Waals surface area contributed by atoms with Gasteiger partial charge in [-0.2, -0.15) is 5.26 Å². The van der Waals surface area contributed by atoms with Gasteiger partial charge >= 0.3 is 5.97 Å². The number of hydrogen-bond acceptors (Lipinski definition) is 9. The van der Waals surface area contributed by atoms with Gasteiger partial charge in [0.05, 0.1) is 52.7 Å². The summed E-state index contributed by atoms with van der Waals surface area (Å²) in [7, 11) is 3.04. The first-order chi connectivity index (χ1) is 21.3. The van der Waals surface area contributed by atoms with E-state index in [1.807, 2.05) is 30.3 Å². The minimum Gasteiger partial charge on any atom is -0.493 e. The first kappa shape index (κ1) is 30.8. The molecule has 0 amide bonds. The molecule has 0 aliphatic carbocycles. The van der Waals surface area contributed by atoms with Crippen LogP contribution in [-0.2, 0) is 16.1 Å². The number of nitriles is 1. The average molecular weight is 675 g/mol. The minimum atomic E-state index is -0.851. The molecule has 0 N–H and O–H groups in total. The quantitative estimate of drug-likeness (QED) is 0.229. The van der Waals surface area contributed by atoms with Gasteiger partial charge in [0.1, 0.15) is 18.4 Å². The normalized spacial score (nSPS) is 14.4. The maximum absolute atomic E-state index is 14.0. The van der Waals surface area contributed by atoms with E-state index in [4.69, 9.17) is 18.9 Å². The standard InChI is InChI=1S/C33H28BrN3O6S/c1-5-42-32(39)28-19(2)36-33-37(29(28)23-11-8-12-26(40-3)30(23)41-4)31(38)27(44-33)16-20-13-14-25(24(34)15-20)43-18-22-10-7-6-9-21(22)17-35/h6-16,29H,5,18H2,1-4H3/b27-16-. The highest BCUT2D eigenvalue weighted by Crippen LogP contribution is 2.40. The lowest BCUT2D eigenvalue weighted by atomic mass is 9.94. The van der Waals surface area contributed by atoms with Crippen LogP contribution >= 0.6 is 27.3 Å². The van der Waals surface area contributed by atoms with Gasteiger partial charge < -0.3 is 18.9 Å². The Kier molecular flexibility index (Phi) is 9.32. The van der Waals surface area contributed by atoms with Crippen molar-refractivity contribution < 1.29 is 23.7 Å². The molecular formula is C33H28BrN3O6S. The Labute approximate surface area is 266 Å². The predicted molar refractivity (Wildman–Crippen MR) is 170 cm³/mol. The summed E-state index contributed by atoms with van der Waals surface area (Å²) in [6.07, 6.45) is 1.77. The fraction of sp³-hybridized carbons (Fsp3) is 0.212. The fourth-order valence-corrected chi connectivity index (χ4v) is 6.56. The first-order valence-electron chi connectivity index (χ1n) is 13.6. The number of allylic oxidation sites excluding steroid dienone is 1. The summed E-state index contributed by atoms with van der Waals surface area (Å²) in [5.74, 6) is 0.905. The molecule has 5 rings (SSSR count). The monoisotopic (exact) mass is 673 g/mol. The number of fused-ring (bicyclic) bond motifs is 1. The van der Waals surface area contributed by atoms with Gasteiger partial charge in [0.25, 0.3) is 5.56 Å². The van der Waals surface area contributed by atoms with Crippen LogP contribution in [0.1, 0.15) is 42.1 Å². The molecule has 1 atom stereocenters. The van der Waals surface area contributed by atoms with E-state index in [1.54, 1.807) is 50.3 Å². The smallest absolute Gasteiger partial charge is 0.338 e. The van der Waals surface area contributed by atoms with E-state index < -0.39 is 12.0 Å². The van der Waals surface area contributed by atoms with Crippen LogP contribution in [0.3, 0.4) is 0 Å². The zero-order valence-corrected chi connectivity index (χ0v) is 26.8. The van der Waals surface area contributed by atoms with Gasteiger partial charge in [0.2, 0.25) is 0 Å². The molecule has 9 nitrogen and oxygen atoms in total. The number of esters is 1. The topological polar surface area (TPSA) is 112 Å². The molecule has 0 saturated carbocycles. The number of halogens is 1. The minimum absolute atomic E-state index is 0.168. The summed E-state index contributed by atoms with van der Waals surface area (Å²) >= 11 is 4.79. The lowest BCUT2D eigenvalue weighted by Crippen LogP contribution is -2.40. The first-order valence-corrected chi connectivity index (χ1v) is 15.2. The molecule has 1 unspecified atom stereocenters. The van der Waals surface area contributed by atoms with E-state index in [-0.39, 0.29) is 24.3 Å². The van der Waals surface area contributed by atoms with Gasteiger partial charge in [-0.05, 0) is 65.7 Å². The molecule has 44 heavy (non-hydrogen) atoms. The van der Waals surface area contributed by atoms with E-state index in [1.165, 1.54) is 30.1 Å². The molecule has 1 aliphatic rings. The van der Waals surface area contributed by atoms with Crippen molar-refractivity contribution in [3.8, 4) is 23.3 Å². The molecule has 0 radical (unpaired) electrons. The van der Waals surface area contributed by atoms with Crippen molar-refractivity contribution in [2.45, 2.75) is 26.5 Å².